The van der Waals surface area contributed by atoms with E-state index in [0.29, 0.717) is 12.0 Å². The van der Waals surface area contributed by atoms with Crippen LogP contribution in [0, 0.1) is 0 Å². The Morgan fingerprint density at radius 2 is 1.79 bits per heavy atom. The Morgan fingerprint density at radius 1 is 1.11 bits per heavy atom. The van der Waals surface area contributed by atoms with E-state index in [9.17, 15) is 24.0 Å². The molecule has 10 heteroatoms. The maximum Gasteiger partial charge on any atom is 0.305 e. The summed E-state index contributed by atoms with van der Waals surface area (Å²) in [7, 11) is 1.74. The number of para-hydroxylation sites is 1. The summed E-state index contributed by atoms with van der Waals surface area (Å²) in [6.45, 7) is -0.799. The van der Waals surface area contributed by atoms with Gasteiger partial charge in [-0.3, -0.25) is 19.2 Å². The van der Waals surface area contributed by atoms with Crippen LogP contribution in [0.25, 0.3) is 10.9 Å². The maximum absolute atomic E-state index is 12.3. The van der Waals surface area contributed by atoms with Crippen molar-refractivity contribution in [2.45, 2.75) is 12.5 Å². The van der Waals surface area contributed by atoms with Crippen LogP contribution in [0.1, 0.15) is 16.9 Å². The standard InChI is InChI=1S/C18H20N4O6/c1-22-13-5-3-2-4-11(13)6-14(22)18(28)20-8-15(24)19-9-16(25)21-12(10-23)7-17(26)27/h2-6,10,12H,7-9H2,1H3,(H,19,24)(H,20,28)(H,21,25)(H,26,27)/t12-/m0/s1. The molecule has 28 heavy (non-hydrogen) atoms. The van der Waals surface area contributed by atoms with E-state index in [2.05, 4.69) is 16.0 Å². The summed E-state index contributed by atoms with van der Waals surface area (Å²) in [5, 5.41) is 16.4. The number of fused-ring (bicyclic) bond motifs is 1. The highest BCUT2D eigenvalue weighted by atomic mass is 16.4. The third-order valence-electron chi connectivity index (χ3n) is 3.95. The van der Waals surface area contributed by atoms with Gasteiger partial charge in [-0.15, -0.1) is 0 Å². The summed E-state index contributed by atoms with van der Waals surface area (Å²) >= 11 is 0. The molecule has 0 aliphatic carbocycles. The van der Waals surface area contributed by atoms with Crippen molar-refractivity contribution in [3.63, 3.8) is 0 Å². The number of carbonyl (C=O) groups excluding carboxylic acids is 4. The van der Waals surface area contributed by atoms with Crippen LogP contribution in [0.15, 0.2) is 30.3 Å². The Morgan fingerprint density at radius 3 is 2.43 bits per heavy atom. The van der Waals surface area contributed by atoms with E-state index in [1.165, 1.54) is 0 Å². The SMILES string of the molecule is Cn1c(C(=O)NCC(=O)NCC(=O)N[C@H](C=O)CC(=O)O)cc2ccccc21. The molecule has 1 aromatic heterocycles. The first kappa shape index (κ1) is 20.6. The van der Waals surface area contributed by atoms with Crippen LogP contribution in [0.2, 0.25) is 0 Å². The van der Waals surface area contributed by atoms with Crippen molar-refractivity contribution >= 4 is 40.9 Å². The number of carboxylic acid groups (broad SMARTS) is 1. The van der Waals surface area contributed by atoms with Gasteiger partial charge in [-0.2, -0.15) is 0 Å². The topological polar surface area (TPSA) is 147 Å². The van der Waals surface area contributed by atoms with Gasteiger partial charge in [0, 0.05) is 18.0 Å². The predicted octanol–water partition coefficient (Wildman–Crippen LogP) is -0.817. The molecule has 3 amide bonds. The summed E-state index contributed by atoms with van der Waals surface area (Å²) in [6.07, 6.45) is -0.248. The summed E-state index contributed by atoms with van der Waals surface area (Å²) in [4.78, 5) is 57.0. The molecule has 0 spiro atoms. The highest BCUT2D eigenvalue weighted by Crippen LogP contribution is 2.17. The van der Waals surface area contributed by atoms with Gasteiger partial charge in [-0.1, -0.05) is 18.2 Å². The first-order valence-corrected chi connectivity index (χ1v) is 8.37. The van der Waals surface area contributed by atoms with Gasteiger partial charge in [0.15, 0.2) is 0 Å². The van der Waals surface area contributed by atoms with E-state index in [-0.39, 0.29) is 6.54 Å². The Kier molecular flexibility index (Phi) is 6.85. The van der Waals surface area contributed by atoms with Crippen molar-refractivity contribution in [2.24, 2.45) is 7.05 Å². The van der Waals surface area contributed by atoms with Crippen molar-refractivity contribution in [1.29, 1.82) is 0 Å². The van der Waals surface area contributed by atoms with Crippen LogP contribution in [-0.4, -0.2) is 58.8 Å². The second-order valence-corrected chi connectivity index (χ2v) is 6.01. The Bertz CT molecular complexity index is 920. The fraction of sp³-hybridized carbons (Fsp3) is 0.278. The first-order chi connectivity index (χ1) is 13.3. The van der Waals surface area contributed by atoms with Gasteiger partial charge in [0.1, 0.15) is 12.0 Å². The molecule has 1 aromatic carbocycles. The number of nitrogens with one attached hydrogen (secondary N) is 3. The van der Waals surface area contributed by atoms with E-state index >= 15 is 0 Å². The number of aliphatic carboxylic acids is 1. The van der Waals surface area contributed by atoms with Gasteiger partial charge in [0.05, 0.1) is 25.6 Å². The van der Waals surface area contributed by atoms with Crippen LogP contribution in [0.3, 0.4) is 0 Å². The first-order valence-electron chi connectivity index (χ1n) is 8.37. The molecule has 0 saturated heterocycles. The van der Waals surface area contributed by atoms with Crippen LogP contribution >= 0.6 is 0 Å². The minimum Gasteiger partial charge on any atom is -0.481 e. The second kappa shape index (κ2) is 9.31. The monoisotopic (exact) mass is 388 g/mol. The quantitative estimate of drug-likeness (QED) is 0.413. The largest absolute Gasteiger partial charge is 0.481 e. The fourth-order valence-corrected chi connectivity index (χ4v) is 2.58. The molecule has 148 valence electrons. The number of nitrogens with zero attached hydrogens (tertiary/aromatic N) is 1. The number of aldehydes is 1. The lowest BCUT2D eigenvalue weighted by molar-refractivity contribution is -0.139. The number of benzene rings is 1. The molecule has 1 atom stereocenters. The van der Waals surface area contributed by atoms with E-state index in [1.54, 1.807) is 17.7 Å². The Balaban J connectivity index is 1.80. The van der Waals surface area contributed by atoms with E-state index < -0.39 is 42.7 Å². The summed E-state index contributed by atoms with van der Waals surface area (Å²) in [5.41, 5.74) is 1.26. The van der Waals surface area contributed by atoms with Crippen molar-refractivity contribution in [3.8, 4) is 0 Å². The minimum absolute atomic E-state index is 0.303. The number of carbonyl (C=O) groups is 5. The van der Waals surface area contributed by atoms with E-state index in [1.807, 2.05) is 24.3 Å². The highest BCUT2D eigenvalue weighted by Gasteiger charge is 2.16. The molecule has 4 N–H and O–H groups in total. The number of aryl methyl sites for hydroxylation is 1. The Labute approximate surface area is 159 Å². The lowest BCUT2D eigenvalue weighted by Gasteiger charge is -2.11. The third kappa shape index (κ3) is 5.40. The number of rotatable bonds is 9. The van der Waals surface area contributed by atoms with Crippen LogP contribution in [0.5, 0.6) is 0 Å². The van der Waals surface area contributed by atoms with E-state index in [4.69, 9.17) is 5.11 Å². The molecule has 0 aliphatic rings. The number of aromatic nitrogens is 1. The zero-order valence-electron chi connectivity index (χ0n) is 15.1. The normalized spacial score (nSPS) is 11.5. The van der Waals surface area contributed by atoms with E-state index in [0.717, 1.165) is 10.9 Å². The number of amides is 3. The fourth-order valence-electron chi connectivity index (χ4n) is 2.58. The number of hydrogen-bond acceptors (Lipinski definition) is 5. The lowest BCUT2D eigenvalue weighted by atomic mass is 10.2. The lowest BCUT2D eigenvalue weighted by Crippen LogP contribution is -2.45. The molecular weight excluding hydrogens is 368 g/mol. The van der Waals surface area contributed by atoms with Crippen molar-refractivity contribution < 1.29 is 29.1 Å². The van der Waals surface area contributed by atoms with Gasteiger partial charge >= 0.3 is 5.97 Å². The molecule has 1 heterocycles. The van der Waals surface area contributed by atoms with Crippen LogP contribution in [0.4, 0.5) is 0 Å². The summed E-state index contributed by atoms with van der Waals surface area (Å²) < 4.78 is 1.71. The zero-order chi connectivity index (χ0) is 20.7. The minimum atomic E-state index is -1.24. The van der Waals surface area contributed by atoms with Gasteiger partial charge in [-0.05, 0) is 12.1 Å². The molecule has 0 unspecified atom stereocenters. The molecule has 0 bridgehead atoms. The van der Waals surface area contributed by atoms with Crippen molar-refractivity contribution in [2.75, 3.05) is 13.1 Å². The van der Waals surface area contributed by atoms with Crippen LogP contribution in [-0.2, 0) is 26.2 Å². The van der Waals surface area contributed by atoms with Gasteiger partial charge in [0.2, 0.25) is 11.8 Å². The number of carboxylic acids is 1. The third-order valence-corrected chi connectivity index (χ3v) is 3.95. The average molecular weight is 388 g/mol. The molecule has 10 nitrogen and oxygen atoms in total. The zero-order valence-corrected chi connectivity index (χ0v) is 15.1. The van der Waals surface area contributed by atoms with Gasteiger partial charge in [0.25, 0.3) is 5.91 Å². The molecule has 0 saturated carbocycles. The smallest absolute Gasteiger partial charge is 0.305 e. The Hall–Kier alpha value is -3.69. The molecular formula is C18H20N4O6. The van der Waals surface area contributed by atoms with Gasteiger partial charge < -0.3 is 30.4 Å². The summed E-state index contributed by atoms with van der Waals surface area (Å²) in [6, 6.07) is 7.98. The van der Waals surface area contributed by atoms with Crippen molar-refractivity contribution in [3.05, 3.63) is 36.0 Å². The predicted molar refractivity (Wildman–Crippen MR) is 98.5 cm³/mol. The van der Waals surface area contributed by atoms with Crippen molar-refractivity contribution in [1.82, 2.24) is 20.5 Å². The summed E-state index contributed by atoms with van der Waals surface area (Å²) in [5.74, 6) is -3.01. The highest BCUT2D eigenvalue weighted by molar-refractivity contribution is 6.00. The molecule has 0 radical (unpaired) electrons. The number of hydrogen-bond donors (Lipinski definition) is 4. The van der Waals surface area contributed by atoms with Gasteiger partial charge in [-0.25, -0.2) is 0 Å². The molecule has 0 fully saturated rings. The molecule has 2 aromatic rings. The van der Waals surface area contributed by atoms with Crippen LogP contribution < -0.4 is 16.0 Å². The average Bonchev–Trinajstić information content (AvgIpc) is 3.00. The molecule has 2 rings (SSSR count). The maximum atomic E-state index is 12.3. The molecule has 0 aliphatic heterocycles. The second-order valence-electron chi connectivity index (χ2n) is 6.01.